The van der Waals surface area contributed by atoms with E-state index in [1.165, 1.54) is 43.7 Å². The number of amides is 3. The average molecular weight is 572 g/mol. The zero-order valence-corrected chi connectivity index (χ0v) is 21.4. The van der Waals surface area contributed by atoms with E-state index in [4.69, 9.17) is 18.9 Å². The summed E-state index contributed by atoms with van der Waals surface area (Å²) in [4.78, 5) is 36.3. The molecule has 0 unspecified atom stereocenters. The number of nitrogens with zero attached hydrogens (tertiary/aromatic N) is 1. The number of benzene rings is 3. The first-order chi connectivity index (χ1) is 19.6. The van der Waals surface area contributed by atoms with Crippen LogP contribution in [0.4, 0.5) is 18.9 Å². The lowest BCUT2D eigenvalue weighted by molar-refractivity contribution is -0.139. The first kappa shape index (κ1) is 28.7. The summed E-state index contributed by atoms with van der Waals surface area (Å²) in [6.07, 6.45) is -3.28. The number of methoxy groups -OCH3 is 1. The van der Waals surface area contributed by atoms with E-state index in [9.17, 15) is 27.6 Å². The number of halogens is 3. The Bertz CT molecular complexity index is 1480. The van der Waals surface area contributed by atoms with E-state index < -0.39 is 36.1 Å². The molecule has 0 radical (unpaired) electrons. The molecule has 1 aliphatic heterocycles. The zero-order valence-electron chi connectivity index (χ0n) is 21.4. The van der Waals surface area contributed by atoms with Crippen LogP contribution in [0.15, 0.2) is 65.8 Å². The largest absolute Gasteiger partial charge is 0.493 e. The van der Waals surface area contributed by atoms with E-state index in [0.717, 1.165) is 12.1 Å². The molecule has 0 aromatic heterocycles. The van der Waals surface area contributed by atoms with Gasteiger partial charge in [-0.25, -0.2) is 5.43 Å². The van der Waals surface area contributed by atoms with E-state index in [1.54, 1.807) is 18.2 Å². The summed E-state index contributed by atoms with van der Waals surface area (Å²) in [6.45, 7) is -0.294. The summed E-state index contributed by atoms with van der Waals surface area (Å²) in [5.74, 6) is -1.02. The van der Waals surface area contributed by atoms with Crippen molar-refractivity contribution < 1.29 is 46.5 Å². The Kier molecular flexibility index (Phi) is 8.92. The van der Waals surface area contributed by atoms with Gasteiger partial charge in [0, 0.05) is 12.2 Å². The summed E-state index contributed by atoms with van der Waals surface area (Å²) in [5.41, 5.74) is 2.36. The number of alkyl halides is 3. The van der Waals surface area contributed by atoms with Gasteiger partial charge in [0.25, 0.3) is 5.91 Å². The van der Waals surface area contributed by atoms with Crippen LogP contribution in [0.2, 0.25) is 0 Å². The minimum atomic E-state index is -4.54. The van der Waals surface area contributed by atoms with Gasteiger partial charge < -0.3 is 29.6 Å². The molecule has 1 heterocycles. The number of carbonyl (C=O) groups is 3. The maximum Gasteiger partial charge on any atom is 0.416 e. The smallest absolute Gasteiger partial charge is 0.416 e. The number of anilines is 1. The molecular formula is C27H23F3N4O7. The van der Waals surface area contributed by atoms with Crippen molar-refractivity contribution in [2.45, 2.75) is 12.7 Å². The fourth-order valence-corrected chi connectivity index (χ4v) is 3.53. The highest BCUT2D eigenvalue weighted by Gasteiger charge is 2.30. The Morgan fingerprint density at radius 1 is 0.976 bits per heavy atom. The van der Waals surface area contributed by atoms with Crippen molar-refractivity contribution in [3.63, 3.8) is 0 Å². The predicted octanol–water partition coefficient (Wildman–Crippen LogP) is 3.23. The normalized spacial score (nSPS) is 12.1. The maximum atomic E-state index is 12.9. The molecule has 3 N–H and O–H groups in total. The summed E-state index contributed by atoms with van der Waals surface area (Å²) in [6, 6.07) is 13.8. The molecule has 1 aliphatic rings. The molecule has 41 heavy (non-hydrogen) atoms. The molecule has 14 heteroatoms. The van der Waals surface area contributed by atoms with Crippen LogP contribution in [0.3, 0.4) is 0 Å². The standard InChI is InChI=1S/C27H23F3N4O7/c1-38-22-9-17(6-7-20(22)39-14-24(35)33-19-4-2-3-18(11-19)27(28,29)30)13-32-34-26(37)25(36)31-12-16-5-8-21-23(10-16)41-15-40-21/h2-11,13H,12,14-15H2,1H3,(H,31,36)(H,33,35)(H,34,37)/b32-13-. The molecule has 0 fully saturated rings. The molecule has 0 aliphatic carbocycles. The number of nitrogens with one attached hydrogen (secondary N) is 3. The third-order valence-corrected chi connectivity index (χ3v) is 5.50. The van der Waals surface area contributed by atoms with E-state index >= 15 is 0 Å². The Labute approximate surface area is 231 Å². The summed E-state index contributed by atoms with van der Waals surface area (Å²) >= 11 is 0. The number of ether oxygens (including phenoxy) is 4. The third-order valence-electron chi connectivity index (χ3n) is 5.50. The van der Waals surface area contributed by atoms with Crippen molar-refractivity contribution >= 4 is 29.6 Å². The van der Waals surface area contributed by atoms with Gasteiger partial charge in [-0.05, 0) is 59.7 Å². The molecule has 0 atom stereocenters. The fourth-order valence-electron chi connectivity index (χ4n) is 3.53. The monoisotopic (exact) mass is 572 g/mol. The molecule has 4 rings (SSSR count). The van der Waals surface area contributed by atoms with Crippen molar-refractivity contribution in [1.82, 2.24) is 10.7 Å². The van der Waals surface area contributed by atoms with Crippen LogP contribution < -0.4 is 35.0 Å². The van der Waals surface area contributed by atoms with Crippen LogP contribution in [0.5, 0.6) is 23.0 Å². The van der Waals surface area contributed by atoms with Gasteiger partial charge in [-0.3, -0.25) is 14.4 Å². The lowest BCUT2D eigenvalue weighted by Crippen LogP contribution is -2.37. The van der Waals surface area contributed by atoms with Crippen LogP contribution in [-0.2, 0) is 27.1 Å². The van der Waals surface area contributed by atoms with Gasteiger partial charge >= 0.3 is 18.0 Å². The van der Waals surface area contributed by atoms with Crippen LogP contribution in [0.25, 0.3) is 0 Å². The van der Waals surface area contributed by atoms with Crippen LogP contribution in [-0.4, -0.2) is 44.4 Å². The van der Waals surface area contributed by atoms with Crippen LogP contribution in [0, 0.1) is 0 Å². The summed E-state index contributed by atoms with van der Waals surface area (Å²) < 4.78 is 59.8. The summed E-state index contributed by atoms with van der Waals surface area (Å²) in [7, 11) is 1.36. The lowest BCUT2D eigenvalue weighted by atomic mass is 10.2. The van der Waals surface area contributed by atoms with Gasteiger partial charge in [-0.1, -0.05) is 12.1 Å². The van der Waals surface area contributed by atoms with Gasteiger partial charge in [0.15, 0.2) is 29.6 Å². The first-order valence-corrected chi connectivity index (χ1v) is 11.9. The molecule has 3 aromatic carbocycles. The van der Waals surface area contributed by atoms with E-state index in [-0.39, 0.29) is 30.5 Å². The maximum absolute atomic E-state index is 12.9. The zero-order chi connectivity index (χ0) is 29.4. The highest BCUT2D eigenvalue weighted by atomic mass is 19.4. The molecule has 3 aromatic rings. The summed E-state index contributed by atoms with van der Waals surface area (Å²) in [5, 5.41) is 8.56. The second-order valence-corrected chi connectivity index (χ2v) is 8.40. The van der Waals surface area contributed by atoms with E-state index in [1.807, 2.05) is 0 Å². The van der Waals surface area contributed by atoms with Crippen molar-refractivity contribution in [3.8, 4) is 23.0 Å². The minimum absolute atomic E-state index is 0.0318. The fraction of sp³-hybridized carbons (Fsp3) is 0.185. The lowest BCUT2D eigenvalue weighted by Gasteiger charge is -2.12. The topological polar surface area (TPSA) is 137 Å². The van der Waals surface area contributed by atoms with Crippen molar-refractivity contribution in [1.29, 1.82) is 0 Å². The molecule has 0 saturated heterocycles. The molecular weight excluding hydrogens is 549 g/mol. The van der Waals surface area contributed by atoms with Crippen LogP contribution >= 0.6 is 0 Å². The second kappa shape index (κ2) is 12.7. The second-order valence-electron chi connectivity index (χ2n) is 8.40. The highest BCUT2D eigenvalue weighted by Crippen LogP contribution is 2.33. The van der Waals surface area contributed by atoms with E-state index in [0.29, 0.717) is 22.6 Å². The van der Waals surface area contributed by atoms with Crippen molar-refractivity contribution in [3.05, 3.63) is 77.4 Å². The Morgan fingerprint density at radius 2 is 1.78 bits per heavy atom. The third kappa shape index (κ3) is 7.88. The molecule has 0 bridgehead atoms. The van der Waals surface area contributed by atoms with Crippen LogP contribution in [0.1, 0.15) is 16.7 Å². The molecule has 3 amide bonds. The number of fused-ring (bicyclic) bond motifs is 1. The highest BCUT2D eigenvalue weighted by molar-refractivity contribution is 6.35. The number of hydrogen-bond donors (Lipinski definition) is 3. The molecule has 0 spiro atoms. The van der Waals surface area contributed by atoms with E-state index in [2.05, 4.69) is 21.2 Å². The van der Waals surface area contributed by atoms with Crippen molar-refractivity contribution in [2.75, 3.05) is 25.8 Å². The Morgan fingerprint density at radius 3 is 2.56 bits per heavy atom. The minimum Gasteiger partial charge on any atom is -0.493 e. The number of hydrazone groups is 1. The number of hydrogen-bond acceptors (Lipinski definition) is 8. The molecule has 0 saturated carbocycles. The molecule has 11 nitrogen and oxygen atoms in total. The average Bonchev–Trinajstić information content (AvgIpc) is 3.42. The van der Waals surface area contributed by atoms with Gasteiger partial charge in [-0.2, -0.15) is 18.3 Å². The first-order valence-electron chi connectivity index (χ1n) is 11.9. The Hall–Kier alpha value is -5.27. The van der Waals surface area contributed by atoms with Gasteiger partial charge in [0.2, 0.25) is 6.79 Å². The predicted molar refractivity (Wildman–Crippen MR) is 139 cm³/mol. The van der Waals surface area contributed by atoms with Gasteiger partial charge in [0.1, 0.15) is 0 Å². The van der Waals surface area contributed by atoms with Gasteiger partial charge in [0.05, 0.1) is 18.9 Å². The Balaban J connectivity index is 1.25. The van der Waals surface area contributed by atoms with Gasteiger partial charge in [-0.15, -0.1) is 0 Å². The number of rotatable bonds is 9. The molecule has 214 valence electrons. The SMILES string of the molecule is COc1cc(/C=N\NC(=O)C(=O)NCc2ccc3c(c2)OCO3)ccc1OCC(=O)Nc1cccc(C(F)(F)F)c1. The number of carbonyl (C=O) groups excluding carboxylic acids is 3. The quantitative estimate of drug-likeness (QED) is 0.204. The van der Waals surface area contributed by atoms with Crippen molar-refractivity contribution in [2.24, 2.45) is 5.10 Å².